The predicted molar refractivity (Wildman–Crippen MR) is 276 cm³/mol. The van der Waals surface area contributed by atoms with Crippen LogP contribution in [0.15, 0.2) is 85.1 Å². The van der Waals surface area contributed by atoms with Gasteiger partial charge in [0.1, 0.15) is 13.2 Å². The smallest absolute Gasteiger partial charge is 0.387 e. The Balaban J connectivity index is 3.80. The molecular formula is C55H100N2O6P+. The summed E-state index contributed by atoms with van der Waals surface area (Å²) in [6.45, 7) is 4.58. The van der Waals surface area contributed by atoms with Crippen LogP contribution in [0, 0.1) is 0 Å². The summed E-state index contributed by atoms with van der Waals surface area (Å²) in [6.07, 6.45) is 64.5. The number of allylic oxidation sites excluding steroid dienone is 13. The number of rotatable bonds is 46. The third kappa shape index (κ3) is 47.6. The van der Waals surface area contributed by atoms with Gasteiger partial charge in [0.2, 0.25) is 5.91 Å². The fourth-order valence-electron chi connectivity index (χ4n) is 7.04. The van der Waals surface area contributed by atoms with Crippen LogP contribution in [-0.2, 0) is 18.4 Å². The minimum absolute atomic E-state index is 0.0588. The van der Waals surface area contributed by atoms with E-state index in [4.69, 9.17) is 9.05 Å². The van der Waals surface area contributed by atoms with Crippen LogP contribution in [0.2, 0.25) is 0 Å². The predicted octanol–water partition coefficient (Wildman–Crippen LogP) is 15.3. The van der Waals surface area contributed by atoms with Crippen molar-refractivity contribution in [2.75, 3.05) is 40.9 Å². The zero-order valence-corrected chi connectivity index (χ0v) is 42.9. The normalized spacial score (nSPS) is 14.8. The molecule has 0 aliphatic rings. The fourth-order valence-corrected chi connectivity index (χ4v) is 7.78. The molecule has 0 spiro atoms. The maximum absolute atomic E-state index is 12.8. The third-order valence-electron chi connectivity index (χ3n) is 11.1. The quantitative estimate of drug-likeness (QED) is 0.0243. The van der Waals surface area contributed by atoms with Gasteiger partial charge in [-0.3, -0.25) is 13.8 Å². The summed E-state index contributed by atoms with van der Waals surface area (Å²) in [5, 5.41) is 13.6. The lowest BCUT2D eigenvalue weighted by atomic mass is 10.0. The number of carbonyl (C=O) groups excluding carboxylic acids is 1. The molecule has 0 aliphatic carbocycles. The van der Waals surface area contributed by atoms with E-state index in [1.54, 1.807) is 6.08 Å². The first-order valence-corrected chi connectivity index (χ1v) is 27.5. The first kappa shape index (κ1) is 61.7. The van der Waals surface area contributed by atoms with E-state index in [0.29, 0.717) is 17.4 Å². The average Bonchev–Trinajstić information content (AvgIpc) is 3.25. The number of hydrogen-bond donors (Lipinski definition) is 3. The maximum Gasteiger partial charge on any atom is 0.472 e. The molecule has 0 saturated heterocycles. The number of phosphoric ester groups is 1. The molecule has 3 atom stereocenters. The van der Waals surface area contributed by atoms with Gasteiger partial charge in [-0.15, -0.1) is 0 Å². The Bertz CT molecular complexity index is 1310. The van der Waals surface area contributed by atoms with Gasteiger partial charge >= 0.3 is 7.82 Å². The first-order valence-electron chi connectivity index (χ1n) is 26.0. The molecule has 0 aromatic carbocycles. The topological polar surface area (TPSA) is 105 Å². The van der Waals surface area contributed by atoms with Crippen LogP contribution in [-0.4, -0.2) is 73.4 Å². The van der Waals surface area contributed by atoms with Crippen LogP contribution in [0.5, 0.6) is 0 Å². The van der Waals surface area contributed by atoms with Crippen molar-refractivity contribution in [1.29, 1.82) is 0 Å². The number of unbranched alkanes of at least 4 members (excludes halogenated alkanes) is 21. The van der Waals surface area contributed by atoms with Crippen LogP contribution in [0.4, 0.5) is 0 Å². The second-order valence-electron chi connectivity index (χ2n) is 18.5. The SMILES string of the molecule is CC/C=C\C/C=C\C/C=C\C/C=C\C/C=C\C/C=C\CCCCCCCCCCCCCCCCCCCCC(=O)NC(COP(=O)(O)OCC[N+](C)(C)C)C(O)/C=C/CCCCC. The molecule has 0 radical (unpaired) electrons. The summed E-state index contributed by atoms with van der Waals surface area (Å²) in [6, 6.07) is -0.844. The molecule has 0 saturated carbocycles. The molecule has 0 heterocycles. The molecule has 64 heavy (non-hydrogen) atoms. The Hall–Kier alpha value is -2.32. The highest BCUT2D eigenvalue weighted by molar-refractivity contribution is 7.47. The number of phosphoric acid groups is 1. The molecule has 370 valence electrons. The minimum atomic E-state index is -4.33. The van der Waals surface area contributed by atoms with Crippen molar-refractivity contribution in [3.05, 3.63) is 85.1 Å². The fraction of sp³-hybridized carbons (Fsp3) is 0.727. The van der Waals surface area contributed by atoms with E-state index in [1.807, 2.05) is 27.2 Å². The van der Waals surface area contributed by atoms with Gasteiger partial charge in [0.05, 0.1) is 39.9 Å². The number of nitrogens with one attached hydrogen (secondary N) is 1. The summed E-state index contributed by atoms with van der Waals surface area (Å²) < 4.78 is 23.4. The van der Waals surface area contributed by atoms with Gasteiger partial charge in [0.25, 0.3) is 0 Å². The summed E-state index contributed by atoms with van der Waals surface area (Å²) in [5.41, 5.74) is 0. The molecular weight excluding hydrogens is 816 g/mol. The molecule has 3 unspecified atom stereocenters. The van der Waals surface area contributed by atoms with Gasteiger partial charge < -0.3 is 19.8 Å². The van der Waals surface area contributed by atoms with Gasteiger partial charge in [-0.25, -0.2) is 4.57 Å². The van der Waals surface area contributed by atoms with E-state index in [0.717, 1.165) is 83.5 Å². The van der Waals surface area contributed by atoms with E-state index in [2.05, 4.69) is 92.1 Å². The Labute approximate surface area is 395 Å². The number of aliphatic hydroxyl groups excluding tert-OH is 1. The second-order valence-corrected chi connectivity index (χ2v) is 20.0. The Kier molecular flexibility index (Phi) is 44.2. The highest BCUT2D eigenvalue weighted by atomic mass is 31.2. The van der Waals surface area contributed by atoms with Gasteiger partial charge in [-0.05, 0) is 70.6 Å². The van der Waals surface area contributed by atoms with Crippen LogP contribution in [0.1, 0.15) is 206 Å². The zero-order valence-electron chi connectivity index (χ0n) is 42.0. The summed E-state index contributed by atoms with van der Waals surface area (Å²) in [5.74, 6) is -0.186. The first-order chi connectivity index (χ1) is 31.0. The van der Waals surface area contributed by atoms with Gasteiger partial charge in [0, 0.05) is 6.42 Å². The molecule has 9 heteroatoms. The maximum atomic E-state index is 12.8. The summed E-state index contributed by atoms with van der Waals surface area (Å²) in [4.78, 5) is 23.0. The Morgan fingerprint density at radius 3 is 1.38 bits per heavy atom. The van der Waals surface area contributed by atoms with Crippen LogP contribution in [0.25, 0.3) is 0 Å². The lowest BCUT2D eigenvalue weighted by Gasteiger charge is -2.25. The van der Waals surface area contributed by atoms with Crippen molar-refractivity contribution in [3.63, 3.8) is 0 Å². The lowest BCUT2D eigenvalue weighted by Crippen LogP contribution is -2.45. The van der Waals surface area contributed by atoms with E-state index < -0.39 is 20.0 Å². The van der Waals surface area contributed by atoms with E-state index in [9.17, 15) is 19.4 Å². The average molecular weight is 916 g/mol. The van der Waals surface area contributed by atoms with Crippen molar-refractivity contribution >= 4 is 13.7 Å². The lowest BCUT2D eigenvalue weighted by molar-refractivity contribution is -0.870. The molecule has 3 N–H and O–H groups in total. The Morgan fingerprint density at radius 2 is 0.938 bits per heavy atom. The van der Waals surface area contributed by atoms with Crippen molar-refractivity contribution in [3.8, 4) is 0 Å². The number of quaternary nitrogens is 1. The molecule has 0 fully saturated rings. The number of hydrogen-bond acceptors (Lipinski definition) is 5. The van der Waals surface area contributed by atoms with Crippen LogP contribution in [0.3, 0.4) is 0 Å². The number of likely N-dealkylation sites (N-methyl/N-ethyl adjacent to an activating group) is 1. The highest BCUT2D eigenvalue weighted by Crippen LogP contribution is 2.43. The zero-order chi connectivity index (χ0) is 47.1. The van der Waals surface area contributed by atoms with Gasteiger partial charge in [-0.2, -0.15) is 0 Å². The second kappa shape index (κ2) is 45.8. The number of amides is 1. The molecule has 0 aromatic rings. The molecule has 1 amide bonds. The minimum Gasteiger partial charge on any atom is -0.387 e. The van der Waals surface area contributed by atoms with Crippen molar-refractivity contribution in [1.82, 2.24) is 5.32 Å². The van der Waals surface area contributed by atoms with Crippen LogP contribution < -0.4 is 5.32 Å². The van der Waals surface area contributed by atoms with E-state index in [1.165, 1.54) is 103 Å². The number of aliphatic hydroxyl groups is 1. The molecule has 8 nitrogen and oxygen atoms in total. The van der Waals surface area contributed by atoms with Crippen molar-refractivity contribution < 1.29 is 32.9 Å². The van der Waals surface area contributed by atoms with Gasteiger partial charge in [0.15, 0.2) is 0 Å². The molecule has 0 bridgehead atoms. The summed E-state index contributed by atoms with van der Waals surface area (Å²) >= 11 is 0. The molecule has 0 aliphatic heterocycles. The third-order valence-corrected chi connectivity index (χ3v) is 12.1. The highest BCUT2D eigenvalue weighted by Gasteiger charge is 2.27. The van der Waals surface area contributed by atoms with E-state index >= 15 is 0 Å². The standard InChI is InChI=1S/C55H99N2O6P/c1-6-8-10-12-13-14-15-16-17-18-19-20-21-22-23-24-25-26-27-28-29-30-31-32-33-34-35-36-37-38-39-40-41-42-43-45-47-49-55(59)56-53(54(58)48-46-44-11-9-7-2)52-63-64(60,61)62-51-50-57(3,4)5/h8,10,13-14,16-17,19-20,22-23,25-26,46,48,53-54,58H,6-7,9,11-12,15,18,21,24,27-45,47,49-52H2,1-5H3,(H-,56,59,60,61)/p+1/b10-8-,14-13-,17-16-,20-19-,23-22-,26-25-,48-46+. The molecule has 0 aromatic heterocycles. The van der Waals surface area contributed by atoms with Crippen LogP contribution >= 0.6 is 7.82 Å². The number of carbonyl (C=O) groups is 1. The largest absolute Gasteiger partial charge is 0.472 e. The monoisotopic (exact) mass is 916 g/mol. The van der Waals surface area contributed by atoms with E-state index in [-0.39, 0.29) is 19.1 Å². The number of nitrogens with zero attached hydrogens (tertiary/aromatic N) is 1. The molecule has 0 rings (SSSR count). The summed E-state index contributed by atoms with van der Waals surface area (Å²) in [7, 11) is 1.56. The van der Waals surface area contributed by atoms with Crippen molar-refractivity contribution in [2.24, 2.45) is 0 Å². The van der Waals surface area contributed by atoms with Crippen molar-refractivity contribution in [2.45, 2.75) is 219 Å². The Morgan fingerprint density at radius 1 is 0.547 bits per heavy atom. The van der Waals surface area contributed by atoms with Gasteiger partial charge in [-0.1, -0.05) is 214 Å².